The maximum Gasteiger partial charge on any atom is 0.116 e. The van der Waals surface area contributed by atoms with Gasteiger partial charge in [0.2, 0.25) is 0 Å². The fraction of sp³-hybridized carbons (Fsp3) is 0.167. The van der Waals surface area contributed by atoms with Crippen LogP contribution in [0.3, 0.4) is 0 Å². The normalized spacial score (nSPS) is 13.0. The van der Waals surface area contributed by atoms with Crippen molar-refractivity contribution in [1.29, 1.82) is 0 Å². The van der Waals surface area contributed by atoms with Crippen LogP contribution in [-0.4, -0.2) is 5.11 Å². The van der Waals surface area contributed by atoms with Crippen LogP contribution >= 0.6 is 0 Å². The van der Waals surface area contributed by atoms with Gasteiger partial charge in [-0.15, -0.1) is 0 Å². The minimum absolute atomic E-state index is 0.0294. The summed E-state index contributed by atoms with van der Waals surface area (Å²) in [6.45, 7) is 1.95. The monoisotopic (exact) mass is 187 g/mol. The summed E-state index contributed by atoms with van der Waals surface area (Å²) in [7, 11) is 0. The average Bonchev–Trinajstić information content (AvgIpc) is 2.16. The van der Waals surface area contributed by atoms with E-state index in [9.17, 15) is 5.11 Å². The summed E-state index contributed by atoms with van der Waals surface area (Å²) in [6, 6.07) is 11.4. The van der Waals surface area contributed by atoms with Gasteiger partial charge >= 0.3 is 0 Å². The van der Waals surface area contributed by atoms with E-state index in [1.807, 2.05) is 31.2 Å². The molecule has 0 fully saturated rings. The molecule has 2 rings (SSSR count). The molecule has 0 unspecified atom stereocenters. The molecule has 2 aromatic carbocycles. The Morgan fingerprint density at radius 2 is 1.79 bits per heavy atom. The van der Waals surface area contributed by atoms with Gasteiger partial charge in [-0.2, -0.15) is 0 Å². The quantitative estimate of drug-likeness (QED) is 0.720. The van der Waals surface area contributed by atoms with Crippen molar-refractivity contribution in [2.75, 3.05) is 0 Å². The molecule has 0 amide bonds. The number of rotatable bonds is 1. The number of benzene rings is 2. The number of hydrogen-bond acceptors (Lipinski definition) is 2. The first-order valence-electron chi connectivity index (χ1n) is 4.65. The van der Waals surface area contributed by atoms with Crippen LogP contribution in [0, 0.1) is 0 Å². The molecule has 2 nitrogen and oxygen atoms in total. The number of fused-ring (bicyclic) bond motifs is 1. The van der Waals surface area contributed by atoms with E-state index in [1.54, 1.807) is 12.1 Å². The summed E-state index contributed by atoms with van der Waals surface area (Å²) in [5.74, 6) is 0.291. The second-order valence-electron chi connectivity index (χ2n) is 3.58. The standard InChI is InChI=1S/C12H13NO/c1-8(13)10-3-2-9-4-5-12(14)7-11(9)6-10/h2-8,14H,13H2,1H3/t8-/m0/s1. The molecule has 0 radical (unpaired) electrons. The lowest BCUT2D eigenvalue weighted by atomic mass is 10.0. The third-order valence-electron chi connectivity index (χ3n) is 2.37. The molecular weight excluding hydrogens is 174 g/mol. The van der Waals surface area contributed by atoms with E-state index in [1.165, 1.54) is 0 Å². The van der Waals surface area contributed by atoms with Crippen molar-refractivity contribution < 1.29 is 5.11 Å². The second-order valence-corrected chi connectivity index (χ2v) is 3.58. The molecular formula is C12H13NO. The average molecular weight is 187 g/mol. The van der Waals surface area contributed by atoms with Gasteiger partial charge in [0.1, 0.15) is 5.75 Å². The van der Waals surface area contributed by atoms with Gasteiger partial charge in [-0.25, -0.2) is 0 Å². The minimum Gasteiger partial charge on any atom is -0.508 e. The van der Waals surface area contributed by atoms with E-state index in [2.05, 4.69) is 0 Å². The fourth-order valence-electron chi connectivity index (χ4n) is 1.54. The molecule has 0 spiro atoms. The van der Waals surface area contributed by atoms with E-state index in [-0.39, 0.29) is 6.04 Å². The maximum absolute atomic E-state index is 9.33. The Balaban J connectivity index is 2.63. The number of nitrogens with two attached hydrogens (primary N) is 1. The summed E-state index contributed by atoms with van der Waals surface area (Å²) >= 11 is 0. The summed E-state index contributed by atoms with van der Waals surface area (Å²) in [5, 5.41) is 11.5. The summed E-state index contributed by atoms with van der Waals surface area (Å²) in [6.07, 6.45) is 0. The lowest BCUT2D eigenvalue weighted by Crippen LogP contribution is -2.04. The lowest BCUT2D eigenvalue weighted by Gasteiger charge is -2.07. The third-order valence-corrected chi connectivity index (χ3v) is 2.37. The first kappa shape index (κ1) is 9.03. The van der Waals surface area contributed by atoms with Gasteiger partial charge in [0, 0.05) is 6.04 Å². The molecule has 0 aliphatic carbocycles. The molecule has 0 saturated heterocycles. The number of aromatic hydroxyl groups is 1. The van der Waals surface area contributed by atoms with Gasteiger partial charge < -0.3 is 10.8 Å². The smallest absolute Gasteiger partial charge is 0.116 e. The zero-order valence-electron chi connectivity index (χ0n) is 8.07. The Bertz CT molecular complexity index is 463. The number of phenols is 1. The van der Waals surface area contributed by atoms with Gasteiger partial charge in [-0.1, -0.05) is 18.2 Å². The van der Waals surface area contributed by atoms with Gasteiger partial charge in [0.05, 0.1) is 0 Å². The topological polar surface area (TPSA) is 46.2 Å². The molecule has 0 aliphatic rings. The Labute approximate surface area is 83.0 Å². The molecule has 0 bridgehead atoms. The summed E-state index contributed by atoms with van der Waals surface area (Å²) in [5.41, 5.74) is 6.87. The Hall–Kier alpha value is -1.54. The highest BCUT2D eigenvalue weighted by Crippen LogP contribution is 2.22. The molecule has 0 heterocycles. The Morgan fingerprint density at radius 1 is 1.07 bits per heavy atom. The van der Waals surface area contributed by atoms with Crippen molar-refractivity contribution in [3.63, 3.8) is 0 Å². The van der Waals surface area contributed by atoms with E-state index < -0.39 is 0 Å². The predicted octanol–water partition coefficient (Wildman–Crippen LogP) is 2.57. The number of phenolic OH excluding ortho intramolecular Hbond substituents is 1. The predicted molar refractivity (Wildman–Crippen MR) is 58.2 cm³/mol. The van der Waals surface area contributed by atoms with Crippen LogP contribution in [0.4, 0.5) is 0 Å². The van der Waals surface area contributed by atoms with Crippen molar-refractivity contribution >= 4 is 10.8 Å². The van der Waals surface area contributed by atoms with Crippen LogP contribution in [0.5, 0.6) is 5.75 Å². The molecule has 2 heteroatoms. The lowest BCUT2D eigenvalue weighted by molar-refractivity contribution is 0.476. The highest BCUT2D eigenvalue weighted by Gasteiger charge is 2.01. The largest absolute Gasteiger partial charge is 0.508 e. The molecule has 2 aromatic rings. The Morgan fingerprint density at radius 3 is 2.50 bits per heavy atom. The zero-order valence-corrected chi connectivity index (χ0v) is 8.07. The second kappa shape index (κ2) is 3.31. The Kier molecular flexibility index (Phi) is 2.14. The zero-order chi connectivity index (χ0) is 10.1. The van der Waals surface area contributed by atoms with Crippen molar-refractivity contribution in [3.05, 3.63) is 42.0 Å². The molecule has 14 heavy (non-hydrogen) atoms. The summed E-state index contributed by atoms with van der Waals surface area (Å²) < 4.78 is 0. The minimum atomic E-state index is 0.0294. The van der Waals surface area contributed by atoms with Gasteiger partial charge in [-0.05, 0) is 41.5 Å². The van der Waals surface area contributed by atoms with Crippen LogP contribution in [0.25, 0.3) is 10.8 Å². The van der Waals surface area contributed by atoms with Gasteiger partial charge in [0.15, 0.2) is 0 Å². The van der Waals surface area contributed by atoms with Crippen LogP contribution in [0.15, 0.2) is 36.4 Å². The molecule has 0 saturated carbocycles. The van der Waals surface area contributed by atoms with Crippen molar-refractivity contribution in [1.82, 2.24) is 0 Å². The van der Waals surface area contributed by atoms with E-state index >= 15 is 0 Å². The van der Waals surface area contributed by atoms with Crippen LogP contribution in [0.1, 0.15) is 18.5 Å². The first-order valence-corrected chi connectivity index (χ1v) is 4.65. The van der Waals surface area contributed by atoms with E-state index in [0.717, 1.165) is 16.3 Å². The van der Waals surface area contributed by atoms with Crippen LogP contribution in [-0.2, 0) is 0 Å². The van der Waals surface area contributed by atoms with Crippen LogP contribution in [0.2, 0.25) is 0 Å². The third kappa shape index (κ3) is 1.56. The molecule has 3 N–H and O–H groups in total. The van der Waals surface area contributed by atoms with Crippen molar-refractivity contribution in [3.8, 4) is 5.75 Å². The van der Waals surface area contributed by atoms with E-state index in [4.69, 9.17) is 5.73 Å². The van der Waals surface area contributed by atoms with E-state index in [0.29, 0.717) is 5.75 Å². The SMILES string of the molecule is C[C@H](N)c1ccc2ccc(O)cc2c1. The van der Waals surface area contributed by atoms with Gasteiger partial charge in [-0.3, -0.25) is 0 Å². The first-order chi connectivity index (χ1) is 6.66. The fourth-order valence-corrected chi connectivity index (χ4v) is 1.54. The molecule has 0 aliphatic heterocycles. The van der Waals surface area contributed by atoms with Gasteiger partial charge in [0.25, 0.3) is 0 Å². The molecule has 1 atom stereocenters. The summed E-state index contributed by atoms with van der Waals surface area (Å²) in [4.78, 5) is 0. The number of hydrogen-bond donors (Lipinski definition) is 2. The molecule has 0 aromatic heterocycles. The van der Waals surface area contributed by atoms with Crippen LogP contribution < -0.4 is 5.73 Å². The highest BCUT2D eigenvalue weighted by molar-refractivity contribution is 5.84. The van der Waals surface area contributed by atoms with Crippen molar-refractivity contribution in [2.45, 2.75) is 13.0 Å². The highest BCUT2D eigenvalue weighted by atomic mass is 16.3. The van der Waals surface area contributed by atoms with Crippen molar-refractivity contribution in [2.24, 2.45) is 5.73 Å². The maximum atomic E-state index is 9.33. The molecule has 72 valence electrons.